The average Bonchev–Trinajstić information content (AvgIpc) is 3.02. The molecule has 2 N–H and O–H groups in total. The van der Waals surface area contributed by atoms with E-state index in [0.717, 1.165) is 42.6 Å². The van der Waals surface area contributed by atoms with E-state index >= 15 is 0 Å². The first-order valence-corrected chi connectivity index (χ1v) is 9.61. The molecule has 2 aromatic carbocycles. The second kappa shape index (κ2) is 11.0. The van der Waals surface area contributed by atoms with Gasteiger partial charge in [0, 0.05) is 26.7 Å². The molecule has 0 unspecified atom stereocenters. The molecule has 0 spiro atoms. The third kappa shape index (κ3) is 6.09. The van der Waals surface area contributed by atoms with Crippen LogP contribution in [0.25, 0.3) is 11.0 Å². The molecular formula is C22H30IN5O. The van der Waals surface area contributed by atoms with Gasteiger partial charge in [0.2, 0.25) is 0 Å². The molecule has 0 atom stereocenters. The number of nitrogens with zero attached hydrogens (tertiary/aromatic N) is 3. The van der Waals surface area contributed by atoms with Crippen LogP contribution in [0.2, 0.25) is 0 Å². The molecule has 3 aromatic rings. The van der Waals surface area contributed by atoms with Crippen molar-refractivity contribution in [3.63, 3.8) is 0 Å². The summed E-state index contributed by atoms with van der Waals surface area (Å²) >= 11 is 0. The number of aromatic nitrogens is 2. The number of guanidine groups is 1. The van der Waals surface area contributed by atoms with Gasteiger partial charge < -0.3 is 19.9 Å². The minimum absolute atomic E-state index is 0. The van der Waals surface area contributed by atoms with Crippen LogP contribution in [-0.2, 0) is 13.1 Å². The molecule has 0 saturated carbocycles. The largest absolute Gasteiger partial charge is 0.497 e. The molecule has 0 bridgehead atoms. The summed E-state index contributed by atoms with van der Waals surface area (Å²) < 4.78 is 7.61. The predicted octanol–water partition coefficient (Wildman–Crippen LogP) is 4.04. The number of para-hydroxylation sites is 2. The number of imidazole rings is 1. The van der Waals surface area contributed by atoms with Gasteiger partial charge in [-0.05, 0) is 55.7 Å². The van der Waals surface area contributed by atoms with E-state index < -0.39 is 0 Å². The van der Waals surface area contributed by atoms with Crippen LogP contribution in [0.15, 0.2) is 47.5 Å². The highest BCUT2D eigenvalue weighted by Gasteiger charge is 2.06. The molecule has 0 aliphatic carbocycles. The fraction of sp³-hybridized carbons (Fsp3) is 0.364. The maximum Gasteiger partial charge on any atom is 0.191 e. The topological polar surface area (TPSA) is 63.5 Å². The lowest BCUT2D eigenvalue weighted by molar-refractivity contribution is 0.414. The lowest BCUT2D eigenvalue weighted by Gasteiger charge is -2.13. The van der Waals surface area contributed by atoms with Crippen LogP contribution >= 0.6 is 24.0 Å². The third-order valence-electron chi connectivity index (χ3n) is 4.73. The van der Waals surface area contributed by atoms with Crippen molar-refractivity contribution in [1.29, 1.82) is 0 Å². The van der Waals surface area contributed by atoms with Crippen molar-refractivity contribution in [2.75, 3.05) is 20.7 Å². The molecule has 0 amide bonds. The van der Waals surface area contributed by atoms with Gasteiger partial charge in [0.15, 0.2) is 5.96 Å². The minimum Gasteiger partial charge on any atom is -0.497 e. The highest BCUT2D eigenvalue weighted by molar-refractivity contribution is 14.0. The van der Waals surface area contributed by atoms with Gasteiger partial charge >= 0.3 is 0 Å². The Bertz CT molecular complexity index is 967. The molecule has 1 heterocycles. The van der Waals surface area contributed by atoms with Gasteiger partial charge in [0.1, 0.15) is 11.6 Å². The zero-order valence-electron chi connectivity index (χ0n) is 17.5. The number of benzene rings is 2. The van der Waals surface area contributed by atoms with E-state index in [1.165, 1.54) is 16.6 Å². The van der Waals surface area contributed by atoms with E-state index in [9.17, 15) is 0 Å². The van der Waals surface area contributed by atoms with E-state index in [-0.39, 0.29) is 24.0 Å². The fourth-order valence-corrected chi connectivity index (χ4v) is 3.37. The Morgan fingerprint density at radius 2 is 1.93 bits per heavy atom. The Labute approximate surface area is 189 Å². The van der Waals surface area contributed by atoms with Crippen molar-refractivity contribution in [3.8, 4) is 5.75 Å². The number of ether oxygens (including phenoxy) is 1. The van der Waals surface area contributed by atoms with Crippen molar-refractivity contribution in [2.24, 2.45) is 4.99 Å². The Kier molecular flexibility index (Phi) is 8.75. The second-order valence-corrected chi connectivity index (χ2v) is 6.86. The van der Waals surface area contributed by atoms with E-state index in [2.05, 4.69) is 63.3 Å². The minimum atomic E-state index is 0. The van der Waals surface area contributed by atoms with Crippen LogP contribution in [0.3, 0.4) is 0 Å². The van der Waals surface area contributed by atoms with Gasteiger partial charge in [-0.15, -0.1) is 24.0 Å². The van der Waals surface area contributed by atoms with Crippen LogP contribution in [0, 0.1) is 13.8 Å². The summed E-state index contributed by atoms with van der Waals surface area (Å²) in [5.74, 6) is 2.73. The monoisotopic (exact) mass is 507 g/mol. The Balaban J connectivity index is 0.00000300. The zero-order chi connectivity index (χ0) is 19.9. The number of fused-ring (bicyclic) bond motifs is 1. The van der Waals surface area contributed by atoms with Crippen LogP contribution in [0.5, 0.6) is 5.75 Å². The lowest BCUT2D eigenvalue weighted by Crippen LogP contribution is -2.37. The molecule has 0 aliphatic heterocycles. The van der Waals surface area contributed by atoms with Crippen molar-refractivity contribution < 1.29 is 4.74 Å². The standard InChI is InChI=1S/C22H29N5O.HI/c1-16-12-18(14-19(13-16)28-4)15-25-22(23-3)24-10-7-11-27-17(2)26-20-8-5-6-9-21(20)27;/h5-6,8-9,12-14H,7,10-11,15H2,1-4H3,(H2,23,24,25);1H. The molecule has 156 valence electrons. The van der Waals surface area contributed by atoms with Crippen molar-refractivity contribution >= 4 is 41.0 Å². The van der Waals surface area contributed by atoms with Crippen LogP contribution < -0.4 is 15.4 Å². The maximum atomic E-state index is 5.34. The molecule has 0 saturated heterocycles. The van der Waals surface area contributed by atoms with Gasteiger partial charge in [-0.3, -0.25) is 4.99 Å². The van der Waals surface area contributed by atoms with Crippen molar-refractivity contribution in [2.45, 2.75) is 33.4 Å². The van der Waals surface area contributed by atoms with Crippen LogP contribution in [0.1, 0.15) is 23.4 Å². The smallest absolute Gasteiger partial charge is 0.191 e. The van der Waals surface area contributed by atoms with Gasteiger partial charge in [-0.1, -0.05) is 18.2 Å². The first-order valence-electron chi connectivity index (χ1n) is 9.61. The van der Waals surface area contributed by atoms with Gasteiger partial charge in [0.05, 0.1) is 18.1 Å². The number of methoxy groups -OCH3 is 1. The Hall–Kier alpha value is -2.29. The highest BCUT2D eigenvalue weighted by Crippen LogP contribution is 2.17. The van der Waals surface area contributed by atoms with Gasteiger partial charge in [-0.25, -0.2) is 4.98 Å². The zero-order valence-corrected chi connectivity index (χ0v) is 19.9. The fourth-order valence-electron chi connectivity index (χ4n) is 3.37. The summed E-state index contributed by atoms with van der Waals surface area (Å²) in [6.07, 6.45) is 0.986. The number of hydrogen-bond donors (Lipinski definition) is 2. The SMILES string of the molecule is CN=C(NCCCn1c(C)nc2ccccc21)NCc1cc(C)cc(OC)c1.I. The van der Waals surface area contributed by atoms with Crippen LogP contribution in [-0.4, -0.2) is 36.2 Å². The number of nitrogens with one attached hydrogen (secondary N) is 2. The first-order chi connectivity index (χ1) is 13.6. The third-order valence-corrected chi connectivity index (χ3v) is 4.73. The normalized spacial score (nSPS) is 11.2. The summed E-state index contributed by atoms with van der Waals surface area (Å²) in [6, 6.07) is 14.5. The molecule has 29 heavy (non-hydrogen) atoms. The first kappa shape index (κ1) is 23.0. The summed E-state index contributed by atoms with van der Waals surface area (Å²) in [5.41, 5.74) is 4.59. The van der Waals surface area contributed by atoms with Gasteiger partial charge in [0.25, 0.3) is 0 Å². The number of halogens is 1. The predicted molar refractivity (Wildman–Crippen MR) is 130 cm³/mol. The van der Waals surface area contributed by atoms with Gasteiger partial charge in [-0.2, -0.15) is 0 Å². The highest BCUT2D eigenvalue weighted by atomic mass is 127. The molecule has 0 fully saturated rings. The summed E-state index contributed by atoms with van der Waals surface area (Å²) in [4.78, 5) is 8.94. The molecule has 6 nitrogen and oxygen atoms in total. The number of aryl methyl sites for hydroxylation is 3. The van der Waals surface area contributed by atoms with Crippen LogP contribution in [0.4, 0.5) is 0 Å². The molecule has 0 radical (unpaired) electrons. The van der Waals surface area contributed by atoms with E-state index in [4.69, 9.17) is 4.74 Å². The molecule has 0 aliphatic rings. The van der Waals surface area contributed by atoms with Crippen molar-refractivity contribution in [1.82, 2.24) is 20.2 Å². The quantitative estimate of drug-likeness (QED) is 0.220. The molecule has 7 heteroatoms. The summed E-state index contributed by atoms with van der Waals surface area (Å²) in [5, 5.41) is 6.75. The summed E-state index contributed by atoms with van der Waals surface area (Å²) in [7, 11) is 3.48. The van der Waals surface area contributed by atoms with E-state index in [1.54, 1.807) is 14.2 Å². The number of rotatable bonds is 7. The molecule has 1 aromatic heterocycles. The number of hydrogen-bond acceptors (Lipinski definition) is 3. The lowest BCUT2D eigenvalue weighted by atomic mass is 10.1. The summed E-state index contributed by atoms with van der Waals surface area (Å²) in [6.45, 7) is 6.59. The Morgan fingerprint density at radius 3 is 2.69 bits per heavy atom. The van der Waals surface area contributed by atoms with E-state index in [0.29, 0.717) is 6.54 Å². The number of aliphatic imine (C=N–C) groups is 1. The molecular weight excluding hydrogens is 477 g/mol. The average molecular weight is 507 g/mol. The molecule has 3 rings (SSSR count). The van der Waals surface area contributed by atoms with E-state index in [1.807, 2.05) is 18.2 Å². The maximum absolute atomic E-state index is 5.34. The Morgan fingerprint density at radius 1 is 1.14 bits per heavy atom. The van der Waals surface area contributed by atoms with Crippen molar-refractivity contribution in [3.05, 3.63) is 59.4 Å². The second-order valence-electron chi connectivity index (χ2n) is 6.86.